The first kappa shape index (κ1) is 15.2. The van der Waals surface area contributed by atoms with Crippen LogP contribution >= 0.6 is 0 Å². The van der Waals surface area contributed by atoms with Gasteiger partial charge in [0.15, 0.2) is 0 Å². The van der Waals surface area contributed by atoms with E-state index < -0.39 is 0 Å². The average molecular weight is 220 g/mol. The molecule has 0 fully saturated rings. The molecule has 0 N–H and O–H groups in total. The van der Waals surface area contributed by atoms with Crippen LogP contribution in [0.4, 0.5) is 0 Å². The van der Waals surface area contributed by atoms with Gasteiger partial charge in [0, 0.05) is 0 Å². The molecule has 0 amide bonds. The van der Waals surface area contributed by atoms with E-state index in [1.807, 2.05) is 13.0 Å². The van der Waals surface area contributed by atoms with E-state index in [-0.39, 0.29) is 5.41 Å². The largest absolute Gasteiger partial charge is 0.0961 e. The molecular formula is C16H28. The molecule has 0 aliphatic carbocycles. The van der Waals surface area contributed by atoms with Gasteiger partial charge in [-0.1, -0.05) is 65.0 Å². The lowest BCUT2D eigenvalue weighted by Gasteiger charge is -2.27. The van der Waals surface area contributed by atoms with Gasteiger partial charge in [-0.05, 0) is 36.7 Å². The lowest BCUT2D eigenvalue weighted by atomic mass is 9.78. The van der Waals surface area contributed by atoms with Gasteiger partial charge in [0.25, 0.3) is 0 Å². The number of allylic oxidation sites excluding steroid dienone is 4. The van der Waals surface area contributed by atoms with Crippen LogP contribution in [-0.4, -0.2) is 0 Å². The van der Waals surface area contributed by atoms with Crippen molar-refractivity contribution in [3.63, 3.8) is 0 Å². The van der Waals surface area contributed by atoms with E-state index in [0.29, 0.717) is 0 Å². The third kappa shape index (κ3) is 5.95. The third-order valence-corrected chi connectivity index (χ3v) is 3.40. The van der Waals surface area contributed by atoms with Crippen LogP contribution in [0.25, 0.3) is 0 Å². The molecule has 0 nitrogen and oxygen atoms in total. The van der Waals surface area contributed by atoms with E-state index in [0.717, 1.165) is 11.5 Å². The normalized spacial score (nSPS) is 14.1. The maximum Gasteiger partial charge on any atom is -0.0109 e. The zero-order chi connectivity index (χ0) is 12.8. The summed E-state index contributed by atoms with van der Waals surface area (Å²) in [5.74, 6) is 0.817. The lowest BCUT2D eigenvalue weighted by Crippen LogP contribution is -2.14. The molecule has 0 aromatic rings. The Balaban J connectivity index is 4.31. The minimum Gasteiger partial charge on any atom is -0.0961 e. The standard InChI is InChI=1S/C16H28/c1-8-14(4)11-12-16(6,7)15(5)10-9-13(2)3/h9-10,14H,2,5,8,11-12H2,1,3-4,6-7H3/b10-9-. The first-order chi connectivity index (χ1) is 7.29. The van der Waals surface area contributed by atoms with Gasteiger partial charge in [0.1, 0.15) is 0 Å². The Morgan fingerprint density at radius 1 is 1.25 bits per heavy atom. The number of rotatable bonds is 7. The molecule has 0 radical (unpaired) electrons. The van der Waals surface area contributed by atoms with Crippen LogP contribution in [-0.2, 0) is 0 Å². The number of hydrogen-bond donors (Lipinski definition) is 0. The average Bonchev–Trinajstić information content (AvgIpc) is 2.22. The molecule has 0 aromatic carbocycles. The van der Waals surface area contributed by atoms with Gasteiger partial charge in [-0.2, -0.15) is 0 Å². The Morgan fingerprint density at radius 3 is 2.25 bits per heavy atom. The van der Waals surface area contributed by atoms with E-state index in [4.69, 9.17) is 0 Å². The molecule has 0 spiro atoms. The molecule has 1 atom stereocenters. The molecule has 0 aliphatic heterocycles. The van der Waals surface area contributed by atoms with E-state index in [2.05, 4.69) is 46.9 Å². The van der Waals surface area contributed by atoms with E-state index in [1.165, 1.54) is 24.8 Å². The predicted octanol–water partition coefficient (Wildman–Crippen LogP) is 5.53. The molecule has 0 heteroatoms. The Morgan fingerprint density at radius 2 is 1.81 bits per heavy atom. The minimum absolute atomic E-state index is 0.204. The molecule has 0 aliphatic rings. The fourth-order valence-corrected chi connectivity index (χ4v) is 1.44. The molecule has 0 saturated carbocycles. The monoisotopic (exact) mass is 220 g/mol. The summed E-state index contributed by atoms with van der Waals surface area (Å²) in [6.07, 6.45) is 7.92. The fraction of sp³-hybridized carbons (Fsp3) is 0.625. The highest BCUT2D eigenvalue weighted by atomic mass is 14.2. The van der Waals surface area contributed by atoms with Gasteiger partial charge >= 0.3 is 0 Å². The lowest BCUT2D eigenvalue weighted by molar-refractivity contribution is 0.355. The molecule has 0 saturated heterocycles. The van der Waals surface area contributed by atoms with Gasteiger partial charge in [0.2, 0.25) is 0 Å². The van der Waals surface area contributed by atoms with Gasteiger partial charge in [-0.3, -0.25) is 0 Å². The molecule has 92 valence electrons. The van der Waals surface area contributed by atoms with Crippen LogP contribution in [0.15, 0.2) is 36.5 Å². The van der Waals surface area contributed by atoms with Gasteiger partial charge in [-0.25, -0.2) is 0 Å². The zero-order valence-corrected chi connectivity index (χ0v) is 11.8. The molecular weight excluding hydrogens is 192 g/mol. The van der Waals surface area contributed by atoms with Gasteiger partial charge in [-0.15, -0.1) is 0 Å². The molecule has 0 bridgehead atoms. The SMILES string of the molecule is C=C(C)/C=C\C(=C)C(C)(C)CCC(C)CC. The van der Waals surface area contributed by atoms with Crippen LogP contribution in [0.1, 0.15) is 53.9 Å². The summed E-state index contributed by atoms with van der Waals surface area (Å²) in [5, 5.41) is 0. The molecule has 0 heterocycles. The smallest absolute Gasteiger partial charge is 0.0109 e. The van der Waals surface area contributed by atoms with Crippen molar-refractivity contribution in [1.29, 1.82) is 0 Å². The highest BCUT2D eigenvalue weighted by molar-refractivity contribution is 5.27. The van der Waals surface area contributed by atoms with E-state index in [9.17, 15) is 0 Å². The second-order valence-corrected chi connectivity index (χ2v) is 5.64. The van der Waals surface area contributed by atoms with Crippen LogP contribution in [0.3, 0.4) is 0 Å². The topological polar surface area (TPSA) is 0 Å². The van der Waals surface area contributed by atoms with Crippen LogP contribution in [0, 0.1) is 11.3 Å². The van der Waals surface area contributed by atoms with E-state index in [1.54, 1.807) is 0 Å². The third-order valence-electron chi connectivity index (χ3n) is 3.40. The van der Waals surface area contributed by atoms with Crippen molar-refractivity contribution in [3.8, 4) is 0 Å². The van der Waals surface area contributed by atoms with Gasteiger partial charge in [0.05, 0.1) is 0 Å². The van der Waals surface area contributed by atoms with Gasteiger partial charge < -0.3 is 0 Å². The Bertz CT molecular complexity index is 266. The van der Waals surface area contributed by atoms with Crippen molar-refractivity contribution < 1.29 is 0 Å². The zero-order valence-electron chi connectivity index (χ0n) is 11.8. The van der Waals surface area contributed by atoms with Crippen molar-refractivity contribution in [2.45, 2.75) is 53.9 Å². The van der Waals surface area contributed by atoms with Crippen LogP contribution < -0.4 is 0 Å². The van der Waals surface area contributed by atoms with E-state index >= 15 is 0 Å². The highest BCUT2D eigenvalue weighted by Crippen LogP contribution is 2.33. The predicted molar refractivity (Wildman–Crippen MR) is 75.6 cm³/mol. The molecule has 16 heavy (non-hydrogen) atoms. The summed E-state index contributed by atoms with van der Waals surface area (Å²) in [5.41, 5.74) is 2.49. The Hall–Kier alpha value is -0.780. The van der Waals surface area contributed by atoms with Crippen molar-refractivity contribution >= 4 is 0 Å². The quantitative estimate of drug-likeness (QED) is 0.495. The van der Waals surface area contributed by atoms with Crippen molar-refractivity contribution in [3.05, 3.63) is 36.5 Å². The van der Waals surface area contributed by atoms with Crippen molar-refractivity contribution in [2.24, 2.45) is 11.3 Å². The second kappa shape index (κ2) is 6.73. The Kier molecular flexibility index (Phi) is 6.40. The second-order valence-electron chi connectivity index (χ2n) is 5.64. The minimum atomic E-state index is 0.204. The van der Waals surface area contributed by atoms with Crippen LogP contribution in [0.5, 0.6) is 0 Å². The summed E-state index contributed by atoms with van der Waals surface area (Å²) in [7, 11) is 0. The summed E-state index contributed by atoms with van der Waals surface area (Å²) < 4.78 is 0. The number of hydrogen-bond acceptors (Lipinski definition) is 0. The first-order valence-corrected chi connectivity index (χ1v) is 6.32. The van der Waals surface area contributed by atoms with Crippen molar-refractivity contribution in [1.82, 2.24) is 0 Å². The summed E-state index contributed by atoms with van der Waals surface area (Å²) in [6, 6.07) is 0. The molecule has 0 aromatic heterocycles. The maximum absolute atomic E-state index is 4.17. The summed E-state index contributed by atoms with van der Waals surface area (Å²) in [6.45, 7) is 19.2. The molecule has 0 rings (SSSR count). The fourth-order valence-electron chi connectivity index (χ4n) is 1.44. The Labute approximate surface area is 102 Å². The van der Waals surface area contributed by atoms with Crippen molar-refractivity contribution in [2.75, 3.05) is 0 Å². The first-order valence-electron chi connectivity index (χ1n) is 6.32. The summed E-state index contributed by atoms with van der Waals surface area (Å²) in [4.78, 5) is 0. The van der Waals surface area contributed by atoms with Crippen LogP contribution in [0.2, 0.25) is 0 Å². The summed E-state index contributed by atoms with van der Waals surface area (Å²) >= 11 is 0. The maximum atomic E-state index is 4.17. The highest BCUT2D eigenvalue weighted by Gasteiger charge is 2.20. The molecule has 1 unspecified atom stereocenters.